The first kappa shape index (κ1) is 12.0. The molecule has 1 amide bonds. The number of nitrogens with one attached hydrogen (secondary N) is 2. The van der Waals surface area contributed by atoms with Crippen molar-refractivity contribution in [1.82, 2.24) is 5.32 Å². The predicted octanol–water partition coefficient (Wildman–Crippen LogP) is 2.92. The van der Waals surface area contributed by atoms with Crippen LogP contribution in [0.25, 0.3) is 10.8 Å². The van der Waals surface area contributed by atoms with Crippen molar-refractivity contribution in [3.05, 3.63) is 42.5 Å². The summed E-state index contributed by atoms with van der Waals surface area (Å²) in [5.41, 5.74) is 1.01. The molecule has 0 bridgehead atoms. The van der Waals surface area contributed by atoms with Gasteiger partial charge in [0.1, 0.15) is 6.04 Å². The Morgan fingerprint density at radius 1 is 1.05 bits per heavy atom. The first-order valence-electron chi connectivity index (χ1n) is 6.86. The Balaban J connectivity index is 1.82. The summed E-state index contributed by atoms with van der Waals surface area (Å²) in [6.45, 7) is 0.800. The van der Waals surface area contributed by atoms with Gasteiger partial charge in [-0.1, -0.05) is 30.3 Å². The fraction of sp³-hybridized carbons (Fsp3) is 0.312. The van der Waals surface area contributed by atoms with E-state index in [0.29, 0.717) is 0 Å². The standard InChI is InChI=1S/C16H18N2O/c19-16-15(7-3-4-10-17-16)18-14-9-8-12-5-1-2-6-13(12)11-14/h1-2,5-6,8-9,11,15,18H,3-4,7,10H2,(H,17,19). The van der Waals surface area contributed by atoms with Crippen molar-refractivity contribution in [2.24, 2.45) is 0 Å². The van der Waals surface area contributed by atoms with Crippen LogP contribution in [0.15, 0.2) is 42.5 Å². The van der Waals surface area contributed by atoms with Crippen LogP contribution in [0.5, 0.6) is 0 Å². The number of amides is 1. The molecule has 1 aliphatic rings. The molecule has 0 saturated carbocycles. The van der Waals surface area contributed by atoms with E-state index in [0.717, 1.165) is 31.5 Å². The maximum atomic E-state index is 11.9. The van der Waals surface area contributed by atoms with Crippen molar-refractivity contribution in [3.8, 4) is 0 Å². The van der Waals surface area contributed by atoms with Crippen molar-refractivity contribution >= 4 is 22.4 Å². The van der Waals surface area contributed by atoms with Gasteiger partial charge in [0.2, 0.25) is 5.91 Å². The van der Waals surface area contributed by atoms with Crippen LogP contribution >= 0.6 is 0 Å². The van der Waals surface area contributed by atoms with E-state index in [9.17, 15) is 4.79 Å². The second-order valence-electron chi connectivity index (χ2n) is 5.05. The molecular weight excluding hydrogens is 236 g/mol. The van der Waals surface area contributed by atoms with Gasteiger partial charge in [0.25, 0.3) is 0 Å². The molecule has 1 saturated heterocycles. The molecule has 2 aromatic rings. The Hall–Kier alpha value is -2.03. The molecule has 3 nitrogen and oxygen atoms in total. The summed E-state index contributed by atoms with van der Waals surface area (Å²) in [7, 11) is 0. The second kappa shape index (κ2) is 5.31. The first-order valence-corrected chi connectivity index (χ1v) is 6.86. The molecule has 1 heterocycles. The minimum atomic E-state index is -0.108. The number of carbonyl (C=O) groups is 1. The summed E-state index contributed by atoms with van der Waals surface area (Å²) < 4.78 is 0. The van der Waals surface area contributed by atoms with Gasteiger partial charge in [0, 0.05) is 12.2 Å². The zero-order valence-electron chi connectivity index (χ0n) is 10.9. The van der Waals surface area contributed by atoms with Gasteiger partial charge in [-0.2, -0.15) is 0 Å². The molecule has 1 aliphatic heterocycles. The maximum absolute atomic E-state index is 11.9. The van der Waals surface area contributed by atoms with Gasteiger partial charge in [-0.15, -0.1) is 0 Å². The molecule has 0 spiro atoms. The third-order valence-electron chi connectivity index (χ3n) is 3.63. The molecule has 0 radical (unpaired) electrons. The van der Waals surface area contributed by atoms with Crippen LogP contribution in [-0.4, -0.2) is 18.5 Å². The molecule has 0 aromatic heterocycles. The predicted molar refractivity (Wildman–Crippen MR) is 78.2 cm³/mol. The summed E-state index contributed by atoms with van der Waals surface area (Å²) in [4.78, 5) is 11.9. The molecule has 0 aliphatic carbocycles. The average Bonchev–Trinajstić information content (AvgIpc) is 2.64. The van der Waals surface area contributed by atoms with Crippen LogP contribution in [0, 0.1) is 0 Å². The number of anilines is 1. The minimum absolute atomic E-state index is 0.108. The van der Waals surface area contributed by atoms with Crippen LogP contribution in [-0.2, 0) is 4.79 Å². The zero-order chi connectivity index (χ0) is 13.1. The SMILES string of the molecule is O=C1NCCCCC1Nc1ccc2ccccc2c1. The summed E-state index contributed by atoms with van der Waals surface area (Å²) in [6, 6.07) is 14.4. The minimum Gasteiger partial charge on any atom is -0.374 e. The molecule has 2 aromatic carbocycles. The van der Waals surface area contributed by atoms with Crippen LogP contribution in [0.2, 0.25) is 0 Å². The van der Waals surface area contributed by atoms with Crippen molar-refractivity contribution in [2.75, 3.05) is 11.9 Å². The first-order chi connectivity index (χ1) is 9.33. The number of rotatable bonds is 2. The molecule has 3 heteroatoms. The van der Waals surface area contributed by atoms with Crippen molar-refractivity contribution < 1.29 is 4.79 Å². The van der Waals surface area contributed by atoms with Crippen molar-refractivity contribution in [2.45, 2.75) is 25.3 Å². The van der Waals surface area contributed by atoms with Gasteiger partial charge in [-0.05, 0) is 42.2 Å². The molecule has 3 rings (SSSR count). The molecule has 1 fully saturated rings. The Labute approximate surface area is 113 Å². The normalized spacial score (nSPS) is 19.8. The highest BCUT2D eigenvalue weighted by Gasteiger charge is 2.20. The van der Waals surface area contributed by atoms with Gasteiger partial charge in [0.15, 0.2) is 0 Å². The Morgan fingerprint density at radius 3 is 2.79 bits per heavy atom. The van der Waals surface area contributed by atoms with Gasteiger partial charge < -0.3 is 10.6 Å². The number of benzene rings is 2. The third kappa shape index (κ3) is 2.70. The van der Waals surface area contributed by atoms with Gasteiger partial charge in [-0.25, -0.2) is 0 Å². The summed E-state index contributed by atoms with van der Waals surface area (Å²) in [5.74, 6) is 0.116. The molecular formula is C16H18N2O. The lowest BCUT2D eigenvalue weighted by Crippen LogP contribution is -2.37. The van der Waals surface area contributed by atoms with Gasteiger partial charge in [0.05, 0.1) is 0 Å². The smallest absolute Gasteiger partial charge is 0.242 e. The fourth-order valence-corrected chi connectivity index (χ4v) is 2.56. The van der Waals surface area contributed by atoms with E-state index in [4.69, 9.17) is 0 Å². The number of fused-ring (bicyclic) bond motifs is 1. The number of carbonyl (C=O) groups excluding carboxylic acids is 1. The Morgan fingerprint density at radius 2 is 1.89 bits per heavy atom. The maximum Gasteiger partial charge on any atom is 0.242 e. The van der Waals surface area contributed by atoms with E-state index < -0.39 is 0 Å². The van der Waals surface area contributed by atoms with E-state index in [1.807, 2.05) is 18.2 Å². The van der Waals surface area contributed by atoms with Crippen LogP contribution in [0.1, 0.15) is 19.3 Å². The Kier molecular flexibility index (Phi) is 3.36. The highest BCUT2D eigenvalue weighted by molar-refractivity contribution is 5.88. The largest absolute Gasteiger partial charge is 0.374 e. The average molecular weight is 254 g/mol. The van der Waals surface area contributed by atoms with E-state index in [1.54, 1.807) is 0 Å². The highest BCUT2D eigenvalue weighted by Crippen LogP contribution is 2.20. The van der Waals surface area contributed by atoms with Gasteiger partial charge >= 0.3 is 0 Å². The Bertz CT molecular complexity index is 594. The zero-order valence-corrected chi connectivity index (χ0v) is 10.9. The lowest BCUT2D eigenvalue weighted by molar-refractivity contribution is -0.121. The van der Waals surface area contributed by atoms with E-state index in [2.05, 4.69) is 34.9 Å². The molecule has 19 heavy (non-hydrogen) atoms. The summed E-state index contributed by atoms with van der Waals surface area (Å²) in [6.07, 6.45) is 3.06. The molecule has 2 N–H and O–H groups in total. The quantitative estimate of drug-likeness (QED) is 0.865. The third-order valence-corrected chi connectivity index (χ3v) is 3.63. The lowest BCUT2D eigenvalue weighted by Gasteiger charge is -2.16. The van der Waals surface area contributed by atoms with E-state index in [1.165, 1.54) is 10.8 Å². The fourth-order valence-electron chi connectivity index (χ4n) is 2.56. The highest BCUT2D eigenvalue weighted by atomic mass is 16.2. The number of hydrogen-bond donors (Lipinski definition) is 2. The van der Waals surface area contributed by atoms with Crippen LogP contribution in [0.3, 0.4) is 0 Å². The molecule has 1 atom stereocenters. The van der Waals surface area contributed by atoms with E-state index >= 15 is 0 Å². The topological polar surface area (TPSA) is 41.1 Å². The molecule has 1 unspecified atom stereocenters. The van der Waals surface area contributed by atoms with Crippen LogP contribution in [0.4, 0.5) is 5.69 Å². The summed E-state index contributed by atoms with van der Waals surface area (Å²) in [5, 5.41) is 8.72. The van der Waals surface area contributed by atoms with Gasteiger partial charge in [-0.3, -0.25) is 4.79 Å². The lowest BCUT2D eigenvalue weighted by atomic mass is 10.1. The summed E-state index contributed by atoms with van der Waals surface area (Å²) >= 11 is 0. The van der Waals surface area contributed by atoms with E-state index in [-0.39, 0.29) is 11.9 Å². The second-order valence-corrected chi connectivity index (χ2v) is 5.05. The van der Waals surface area contributed by atoms with Crippen molar-refractivity contribution in [1.29, 1.82) is 0 Å². The molecule has 98 valence electrons. The number of hydrogen-bond acceptors (Lipinski definition) is 2. The monoisotopic (exact) mass is 254 g/mol. The van der Waals surface area contributed by atoms with Crippen LogP contribution < -0.4 is 10.6 Å². The van der Waals surface area contributed by atoms with Crippen molar-refractivity contribution in [3.63, 3.8) is 0 Å².